The Hall–Kier alpha value is -2.64. The SMILES string of the molecule is CCO/N=C(\c1ccc(Br)cc1)C1CCN(C2(C)CCN(C(=O)c3ccc4[nH]ccc4c3)CC2)CC1. The molecule has 0 radical (unpaired) electrons. The number of rotatable bonds is 6. The highest BCUT2D eigenvalue weighted by atomic mass is 79.9. The number of hydrogen-bond donors (Lipinski definition) is 1. The number of amides is 1. The van der Waals surface area contributed by atoms with Gasteiger partial charge >= 0.3 is 0 Å². The molecule has 1 N–H and O–H groups in total. The molecular weight excluding hydrogens is 516 g/mol. The molecule has 2 saturated heterocycles. The van der Waals surface area contributed by atoms with E-state index < -0.39 is 0 Å². The van der Waals surface area contributed by atoms with Crippen molar-refractivity contribution < 1.29 is 9.63 Å². The molecule has 3 heterocycles. The third-order valence-electron chi connectivity index (χ3n) is 8.01. The predicted molar refractivity (Wildman–Crippen MR) is 148 cm³/mol. The minimum Gasteiger partial charge on any atom is -0.396 e. The number of benzene rings is 2. The van der Waals surface area contributed by atoms with Crippen LogP contribution in [0.1, 0.15) is 55.5 Å². The maximum Gasteiger partial charge on any atom is 0.253 e. The average Bonchev–Trinajstić information content (AvgIpc) is 3.38. The molecule has 1 amide bonds. The number of hydrogen-bond acceptors (Lipinski definition) is 4. The van der Waals surface area contributed by atoms with E-state index in [9.17, 15) is 4.79 Å². The van der Waals surface area contributed by atoms with E-state index in [4.69, 9.17) is 4.84 Å². The molecule has 1 aromatic heterocycles. The summed E-state index contributed by atoms with van der Waals surface area (Å²) in [4.78, 5) is 26.6. The molecule has 7 heteroatoms. The largest absolute Gasteiger partial charge is 0.396 e. The monoisotopic (exact) mass is 550 g/mol. The first-order valence-corrected chi connectivity index (χ1v) is 13.8. The second kappa shape index (κ2) is 10.8. The molecule has 3 aromatic rings. The van der Waals surface area contributed by atoms with Crippen LogP contribution in [0.4, 0.5) is 0 Å². The molecule has 0 unspecified atom stereocenters. The normalized spacial score (nSPS) is 19.5. The lowest BCUT2D eigenvalue weighted by atomic mass is 9.82. The van der Waals surface area contributed by atoms with E-state index in [0.29, 0.717) is 12.5 Å². The van der Waals surface area contributed by atoms with E-state index in [1.54, 1.807) is 0 Å². The maximum absolute atomic E-state index is 13.2. The van der Waals surface area contributed by atoms with Crippen LogP contribution in [0.15, 0.2) is 64.4 Å². The van der Waals surface area contributed by atoms with Crippen molar-refractivity contribution in [2.45, 2.75) is 45.1 Å². The predicted octanol–water partition coefficient (Wildman–Crippen LogP) is 6.08. The Morgan fingerprint density at radius 3 is 2.44 bits per heavy atom. The van der Waals surface area contributed by atoms with Crippen LogP contribution >= 0.6 is 15.9 Å². The van der Waals surface area contributed by atoms with Gasteiger partial charge < -0.3 is 14.7 Å². The van der Waals surface area contributed by atoms with E-state index in [2.05, 4.69) is 62.2 Å². The average molecular weight is 552 g/mol. The van der Waals surface area contributed by atoms with Crippen molar-refractivity contribution in [3.8, 4) is 0 Å². The van der Waals surface area contributed by atoms with Gasteiger partial charge in [0.2, 0.25) is 0 Å². The number of H-pyrrole nitrogens is 1. The number of piperidine rings is 2. The van der Waals surface area contributed by atoms with Crippen LogP contribution in [0.3, 0.4) is 0 Å². The van der Waals surface area contributed by atoms with Gasteiger partial charge in [-0.1, -0.05) is 33.2 Å². The number of likely N-dealkylation sites (tertiary alicyclic amines) is 2. The number of nitrogens with zero attached hydrogens (tertiary/aromatic N) is 3. The Balaban J connectivity index is 1.19. The minimum atomic E-state index is 0.126. The molecule has 2 aliphatic rings. The van der Waals surface area contributed by atoms with Gasteiger partial charge in [0.25, 0.3) is 5.91 Å². The topological polar surface area (TPSA) is 60.9 Å². The van der Waals surface area contributed by atoms with Crippen molar-refractivity contribution in [3.05, 3.63) is 70.3 Å². The molecule has 0 saturated carbocycles. The first kappa shape index (κ1) is 25.0. The van der Waals surface area contributed by atoms with Gasteiger partial charge in [-0.05, 0) is 94.6 Å². The van der Waals surface area contributed by atoms with Gasteiger partial charge in [0, 0.05) is 51.7 Å². The number of aromatic nitrogens is 1. The highest BCUT2D eigenvalue weighted by Crippen LogP contribution is 2.34. The van der Waals surface area contributed by atoms with E-state index >= 15 is 0 Å². The summed E-state index contributed by atoms with van der Waals surface area (Å²) in [7, 11) is 0. The first-order chi connectivity index (χ1) is 17.5. The van der Waals surface area contributed by atoms with Crippen LogP contribution in [0.25, 0.3) is 10.9 Å². The van der Waals surface area contributed by atoms with E-state index in [1.165, 1.54) is 0 Å². The summed E-state index contributed by atoms with van der Waals surface area (Å²) in [6.07, 6.45) is 6.05. The van der Waals surface area contributed by atoms with Crippen LogP contribution < -0.4 is 0 Å². The van der Waals surface area contributed by atoms with Crippen LogP contribution in [0.2, 0.25) is 0 Å². The molecule has 36 heavy (non-hydrogen) atoms. The minimum absolute atomic E-state index is 0.126. The molecule has 6 nitrogen and oxygen atoms in total. The summed E-state index contributed by atoms with van der Waals surface area (Å²) in [6, 6.07) is 16.3. The van der Waals surface area contributed by atoms with Crippen LogP contribution in [0, 0.1) is 5.92 Å². The fraction of sp³-hybridized carbons (Fsp3) is 0.448. The van der Waals surface area contributed by atoms with Crippen molar-refractivity contribution in [1.29, 1.82) is 0 Å². The van der Waals surface area contributed by atoms with Crippen molar-refractivity contribution in [3.63, 3.8) is 0 Å². The van der Waals surface area contributed by atoms with Gasteiger partial charge in [-0.3, -0.25) is 9.69 Å². The molecule has 0 aliphatic carbocycles. The number of carbonyl (C=O) groups excluding carboxylic acids is 1. The number of carbonyl (C=O) groups is 1. The van der Waals surface area contributed by atoms with Crippen molar-refractivity contribution in [2.75, 3.05) is 32.8 Å². The summed E-state index contributed by atoms with van der Waals surface area (Å²) >= 11 is 3.53. The zero-order valence-corrected chi connectivity index (χ0v) is 22.8. The number of fused-ring (bicyclic) bond motifs is 1. The Morgan fingerprint density at radius 1 is 1.06 bits per heavy atom. The number of aromatic amines is 1. The van der Waals surface area contributed by atoms with Gasteiger partial charge in [-0.2, -0.15) is 0 Å². The lowest BCUT2D eigenvalue weighted by Crippen LogP contribution is -2.56. The van der Waals surface area contributed by atoms with Crippen LogP contribution in [-0.4, -0.2) is 64.7 Å². The molecule has 0 bridgehead atoms. The van der Waals surface area contributed by atoms with Gasteiger partial charge in [-0.25, -0.2) is 0 Å². The Morgan fingerprint density at radius 2 is 1.75 bits per heavy atom. The van der Waals surface area contributed by atoms with Crippen molar-refractivity contribution >= 4 is 38.5 Å². The fourth-order valence-electron chi connectivity index (χ4n) is 5.69. The van der Waals surface area contributed by atoms with Crippen molar-refractivity contribution in [1.82, 2.24) is 14.8 Å². The highest BCUT2D eigenvalue weighted by Gasteiger charge is 2.39. The van der Waals surface area contributed by atoms with Crippen molar-refractivity contribution in [2.24, 2.45) is 11.1 Å². The molecule has 0 spiro atoms. The molecule has 190 valence electrons. The third-order valence-corrected chi connectivity index (χ3v) is 8.53. The molecular formula is C29H35BrN4O2. The summed E-state index contributed by atoms with van der Waals surface area (Å²) in [5.41, 5.74) is 4.17. The Bertz CT molecular complexity index is 1220. The summed E-state index contributed by atoms with van der Waals surface area (Å²) in [6.45, 7) is 8.62. The third kappa shape index (κ3) is 5.23. The van der Waals surface area contributed by atoms with Gasteiger partial charge in [0.1, 0.15) is 6.61 Å². The fourth-order valence-corrected chi connectivity index (χ4v) is 5.95. The zero-order valence-electron chi connectivity index (χ0n) is 21.2. The smallest absolute Gasteiger partial charge is 0.253 e. The molecule has 0 atom stereocenters. The summed E-state index contributed by atoms with van der Waals surface area (Å²) < 4.78 is 1.07. The molecule has 2 fully saturated rings. The molecule has 2 aliphatic heterocycles. The maximum atomic E-state index is 13.2. The van der Waals surface area contributed by atoms with E-state index in [1.807, 2.05) is 42.3 Å². The molecule has 2 aromatic carbocycles. The van der Waals surface area contributed by atoms with E-state index in [0.717, 1.165) is 84.1 Å². The first-order valence-electron chi connectivity index (χ1n) is 13.0. The van der Waals surface area contributed by atoms with Gasteiger partial charge in [0.15, 0.2) is 0 Å². The quantitative estimate of drug-likeness (QED) is 0.299. The Kier molecular flexibility index (Phi) is 7.49. The molecule has 5 rings (SSSR count). The lowest BCUT2D eigenvalue weighted by molar-refractivity contribution is 0.0161. The second-order valence-electron chi connectivity index (χ2n) is 10.2. The van der Waals surface area contributed by atoms with Crippen LogP contribution in [0.5, 0.6) is 0 Å². The van der Waals surface area contributed by atoms with Crippen LogP contribution in [-0.2, 0) is 4.84 Å². The number of oxime groups is 1. The zero-order chi connectivity index (χ0) is 25.1. The standard InChI is InChI=1S/C29H35BrN4O2/c1-3-36-32-27(21-4-7-25(30)8-5-21)22-11-16-34(17-12-22)29(2)13-18-33(19-14-29)28(35)24-6-9-26-23(20-24)10-15-31-26/h4-10,15,20,22,31H,3,11-14,16-19H2,1-2H3/b32-27+. The van der Waals surface area contributed by atoms with Gasteiger partial charge in [-0.15, -0.1) is 0 Å². The summed E-state index contributed by atoms with van der Waals surface area (Å²) in [5, 5.41) is 5.62. The number of nitrogens with one attached hydrogen (secondary N) is 1. The van der Waals surface area contributed by atoms with Gasteiger partial charge in [0.05, 0.1) is 5.71 Å². The highest BCUT2D eigenvalue weighted by molar-refractivity contribution is 9.10. The second-order valence-corrected chi connectivity index (χ2v) is 11.1. The Labute approximate surface area is 221 Å². The lowest BCUT2D eigenvalue weighted by Gasteiger charge is -2.49. The number of halogens is 1. The summed E-state index contributed by atoms with van der Waals surface area (Å²) in [5.74, 6) is 0.535. The van der Waals surface area contributed by atoms with E-state index in [-0.39, 0.29) is 11.4 Å².